The molecule has 0 aromatic carbocycles. The summed E-state index contributed by atoms with van der Waals surface area (Å²) in [5, 5.41) is 14.7. The fourth-order valence-electron chi connectivity index (χ4n) is 2.62. The lowest BCUT2D eigenvalue weighted by Gasteiger charge is -2.36. The molecule has 0 spiro atoms. The van der Waals surface area contributed by atoms with E-state index in [1.54, 1.807) is 0 Å². The van der Waals surface area contributed by atoms with E-state index in [9.17, 15) is 4.79 Å². The van der Waals surface area contributed by atoms with Crippen LogP contribution in [0.25, 0.3) is 5.65 Å². The van der Waals surface area contributed by atoms with E-state index in [0.717, 1.165) is 24.3 Å². The van der Waals surface area contributed by atoms with E-state index in [-0.39, 0.29) is 12.1 Å². The third kappa shape index (κ3) is 3.98. The molecule has 3 rings (SSSR count). The van der Waals surface area contributed by atoms with Crippen molar-refractivity contribution in [3.8, 4) is 0 Å². The summed E-state index contributed by atoms with van der Waals surface area (Å²) in [6.45, 7) is 6.25. The van der Waals surface area contributed by atoms with Crippen LogP contribution in [0, 0.1) is 0 Å². The number of pyridine rings is 1. The van der Waals surface area contributed by atoms with E-state index in [1.807, 2.05) is 49.6 Å². The Bertz CT molecular complexity index is 685. The first-order chi connectivity index (χ1) is 10.9. The van der Waals surface area contributed by atoms with Crippen LogP contribution in [-0.4, -0.2) is 38.4 Å². The number of hydrogen-bond donors (Lipinski definition) is 2. The molecule has 1 amide bonds. The maximum absolute atomic E-state index is 11.7. The first kappa shape index (κ1) is 15.7. The molecule has 0 radical (unpaired) electrons. The number of rotatable bonds is 4. The molecular formula is C16H23N5O2. The molecule has 1 aliphatic rings. The third-order valence-corrected chi connectivity index (χ3v) is 3.79. The Hall–Kier alpha value is -2.15. The predicted octanol–water partition coefficient (Wildman–Crippen LogP) is 1.87. The van der Waals surface area contributed by atoms with E-state index in [2.05, 4.69) is 20.8 Å². The number of carbonyl (C=O) groups is 1. The molecule has 2 heterocycles. The number of alkyl carbamates (subject to hydrolysis) is 1. The van der Waals surface area contributed by atoms with Gasteiger partial charge in [-0.3, -0.25) is 4.40 Å². The van der Waals surface area contributed by atoms with E-state index < -0.39 is 5.60 Å². The van der Waals surface area contributed by atoms with Gasteiger partial charge in [-0.15, -0.1) is 10.2 Å². The van der Waals surface area contributed by atoms with E-state index >= 15 is 0 Å². The minimum Gasteiger partial charge on any atom is -0.444 e. The SMILES string of the molecule is CC(C)(C)OC(=O)NC1CC(NCc2nnc3ccccn23)C1. The van der Waals surface area contributed by atoms with E-state index in [4.69, 9.17) is 4.74 Å². The third-order valence-electron chi connectivity index (χ3n) is 3.79. The van der Waals surface area contributed by atoms with Gasteiger partial charge in [-0.2, -0.15) is 0 Å². The summed E-state index contributed by atoms with van der Waals surface area (Å²) < 4.78 is 7.23. The summed E-state index contributed by atoms with van der Waals surface area (Å²) in [4.78, 5) is 11.7. The summed E-state index contributed by atoms with van der Waals surface area (Å²) >= 11 is 0. The molecule has 2 aromatic rings. The van der Waals surface area contributed by atoms with Gasteiger partial charge >= 0.3 is 6.09 Å². The van der Waals surface area contributed by atoms with Gasteiger partial charge in [-0.25, -0.2) is 4.79 Å². The molecule has 0 bridgehead atoms. The van der Waals surface area contributed by atoms with Gasteiger partial charge < -0.3 is 15.4 Å². The standard InChI is InChI=1S/C16H23N5O2/c1-16(2,3)23-15(22)18-12-8-11(9-12)17-10-14-20-19-13-6-4-5-7-21(13)14/h4-7,11-12,17H,8-10H2,1-3H3,(H,18,22). The highest BCUT2D eigenvalue weighted by Crippen LogP contribution is 2.21. The van der Waals surface area contributed by atoms with Crippen molar-refractivity contribution in [2.75, 3.05) is 0 Å². The lowest BCUT2D eigenvalue weighted by Crippen LogP contribution is -2.53. The lowest BCUT2D eigenvalue weighted by atomic mass is 9.87. The number of nitrogens with zero attached hydrogens (tertiary/aromatic N) is 3. The first-order valence-corrected chi connectivity index (χ1v) is 7.92. The Morgan fingerprint density at radius 1 is 1.30 bits per heavy atom. The van der Waals surface area contributed by atoms with E-state index in [1.165, 1.54) is 0 Å². The molecular weight excluding hydrogens is 294 g/mol. The van der Waals surface area contributed by atoms with Crippen molar-refractivity contribution in [1.82, 2.24) is 25.2 Å². The average molecular weight is 317 g/mol. The van der Waals surface area contributed by atoms with Crippen molar-refractivity contribution in [2.24, 2.45) is 0 Å². The zero-order chi connectivity index (χ0) is 16.4. The largest absolute Gasteiger partial charge is 0.444 e. The Morgan fingerprint density at radius 3 is 2.83 bits per heavy atom. The number of ether oxygens (including phenoxy) is 1. The fourth-order valence-corrected chi connectivity index (χ4v) is 2.62. The highest BCUT2D eigenvalue weighted by atomic mass is 16.6. The summed E-state index contributed by atoms with van der Waals surface area (Å²) in [5.41, 5.74) is 0.391. The quantitative estimate of drug-likeness (QED) is 0.900. The molecule has 124 valence electrons. The summed E-state index contributed by atoms with van der Waals surface area (Å²) in [7, 11) is 0. The topological polar surface area (TPSA) is 80.5 Å². The number of hydrogen-bond acceptors (Lipinski definition) is 5. The Labute approximate surface area is 135 Å². The van der Waals surface area contributed by atoms with Gasteiger partial charge in [0.15, 0.2) is 11.5 Å². The van der Waals surface area contributed by atoms with Gasteiger partial charge in [0.1, 0.15) is 5.60 Å². The minimum absolute atomic E-state index is 0.178. The predicted molar refractivity (Wildman–Crippen MR) is 86.0 cm³/mol. The normalized spacial score (nSPS) is 21.0. The molecule has 23 heavy (non-hydrogen) atoms. The van der Waals surface area contributed by atoms with Gasteiger partial charge in [0, 0.05) is 18.3 Å². The van der Waals surface area contributed by atoms with Crippen molar-refractivity contribution < 1.29 is 9.53 Å². The number of aromatic nitrogens is 3. The molecule has 2 N–H and O–H groups in total. The van der Waals surface area contributed by atoms with Crippen LogP contribution in [0.1, 0.15) is 39.4 Å². The molecule has 1 saturated carbocycles. The van der Waals surface area contributed by atoms with Gasteiger partial charge in [0.05, 0.1) is 6.54 Å². The molecule has 0 atom stereocenters. The second kappa shape index (κ2) is 6.16. The van der Waals surface area contributed by atoms with Crippen LogP contribution < -0.4 is 10.6 Å². The number of carbonyl (C=O) groups excluding carboxylic acids is 1. The highest BCUT2D eigenvalue weighted by molar-refractivity contribution is 5.68. The monoisotopic (exact) mass is 317 g/mol. The van der Waals surface area contributed by atoms with Crippen LogP contribution in [0.2, 0.25) is 0 Å². The highest BCUT2D eigenvalue weighted by Gasteiger charge is 2.31. The number of fused-ring (bicyclic) bond motifs is 1. The molecule has 7 heteroatoms. The molecule has 7 nitrogen and oxygen atoms in total. The second-order valence-corrected chi connectivity index (χ2v) is 6.94. The molecule has 1 fully saturated rings. The van der Waals surface area contributed by atoms with Crippen LogP contribution in [0.4, 0.5) is 4.79 Å². The Balaban J connectivity index is 1.42. The molecule has 0 unspecified atom stereocenters. The smallest absolute Gasteiger partial charge is 0.407 e. The zero-order valence-corrected chi connectivity index (χ0v) is 13.7. The molecule has 0 aliphatic heterocycles. The van der Waals surface area contributed by atoms with Crippen molar-refractivity contribution in [2.45, 2.75) is 57.8 Å². The van der Waals surface area contributed by atoms with Crippen LogP contribution in [0.5, 0.6) is 0 Å². The number of amides is 1. The minimum atomic E-state index is -0.458. The fraction of sp³-hybridized carbons (Fsp3) is 0.562. The Morgan fingerprint density at radius 2 is 2.09 bits per heavy atom. The van der Waals surface area contributed by atoms with Crippen molar-refractivity contribution in [1.29, 1.82) is 0 Å². The van der Waals surface area contributed by atoms with Gasteiger partial charge in [-0.05, 0) is 45.7 Å². The average Bonchev–Trinajstić information content (AvgIpc) is 2.82. The van der Waals surface area contributed by atoms with Crippen molar-refractivity contribution in [3.63, 3.8) is 0 Å². The van der Waals surface area contributed by atoms with Crippen molar-refractivity contribution in [3.05, 3.63) is 30.2 Å². The van der Waals surface area contributed by atoms with Crippen LogP contribution in [0.15, 0.2) is 24.4 Å². The van der Waals surface area contributed by atoms with Crippen LogP contribution in [0.3, 0.4) is 0 Å². The summed E-state index contributed by atoms with van der Waals surface area (Å²) in [6, 6.07) is 6.40. The maximum atomic E-state index is 11.7. The summed E-state index contributed by atoms with van der Waals surface area (Å²) in [6.07, 6.45) is 3.41. The van der Waals surface area contributed by atoms with Crippen molar-refractivity contribution >= 4 is 11.7 Å². The molecule has 2 aromatic heterocycles. The molecule has 1 aliphatic carbocycles. The summed E-state index contributed by atoms with van der Waals surface area (Å²) in [5.74, 6) is 0.893. The van der Waals surface area contributed by atoms with Gasteiger partial charge in [0.2, 0.25) is 0 Å². The first-order valence-electron chi connectivity index (χ1n) is 7.92. The van der Waals surface area contributed by atoms with E-state index in [0.29, 0.717) is 12.6 Å². The van der Waals surface area contributed by atoms with Crippen LogP contribution in [-0.2, 0) is 11.3 Å². The Kier molecular flexibility index (Phi) is 4.21. The second-order valence-electron chi connectivity index (χ2n) is 6.94. The van der Waals surface area contributed by atoms with Gasteiger partial charge in [0.25, 0.3) is 0 Å². The van der Waals surface area contributed by atoms with Crippen LogP contribution >= 0.6 is 0 Å². The molecule has 0 saturated heterocycles. The lowest BCUT2D eigenvalue weighted by molar-refractivity contribution is 0.0465. The number of nitrogens with one attached hydrogen (secondary N) is 2. The zero-order valence-electron chi connectivity index (χ0n) is 13.7. The maximum Gasteiger partial charge on any atom is 0.407 e. The van der Waals surface area contributed by atoms with Gasteiger partial charge in [-0.1, -0.05) is 6.07 Å².